The van der Waals surface area contributed by atoms with Gasteiger partial charge in [-0.2, -0.15) is 0 Å². The number of likely N-dealkylation sites (N-methyl/N-ethyl adjacent to an activating group) is 1. The van der Waals surface area contributed by atoms with Crippen LogP contribution in [-0.4, -0.2) is 37.6 Å². The van der Waals surface area contributed by atoms with Crippen molar-refractivity contribution in [2.75, 3.05) is 26.7 Å². The minimum Gasteiger partial charge on any atom is -0.468 e. The Morgan fingerprint density at radius 2 is 2.04 bits per heavy atom. The maximum atomic E-state index is 12.5. The second-order valence-corrected chi connectivity index (χ2v) is 5.60. The summed E-state index contributed by atoms with van der Waals surface area (Å²) in [6.45, 7) is 6.99. The summed E-state index contributed by atoms with van der Waals surface area (Å²) in [4.78, 5) is 14.7. The zero-order chi connectivity index (χ0) is 17.4. The Balaban J connectivity index is 2.05. The molecule has 1 aromatic heterocycles. The Hall–Kier alpha value is -2.11. The summed E-state index contributed by atoms with van der Waals surface area (Å²) < 4.78 is 10.7. The average Bonchev–Trinajstić information content (AvgIpc) is 3.13. The van der Waals surface area contributed by atoms with E-state index >= 15 is 0 Å². The molecule has 0 bridgehead atoms. The second kappa shape index (κ2) is 9.25. The number of hydrogen-bond donors (Lipinski definition) is 1. The normalized spacial score (nSPS) is 12.3. The van der Waals surface area contributed by atoms with E-state index in [2.05, 4.69) is 24.1 Å². The van der Waals surface area contributed by atoms with Crippen molar-refractivity contribution < 1.29 is 13.9 Å². The van der Waals surface area contributed by atoms with Crippen LogP contribution in [0.25, 0.3) is 0 Å². The molecule has 1 aromatic carbocycles. The fraction of sp³-hybridized carbons (Fsp3) is 0.421. The van der Waals surface area contributed by atoms with Gasteiger partial charge >= 0.3 is 0 Å². The lowest BCUT2D eigenvalue weighted by atomic mass is 10.1. The molecule has 1 N–H and O–H groups in total. The van der Waals surface area contributed by atoms with Crippen molar-refractivity contribution in [1.82, 2.24) is 10.2 Å². The molecule has 1 atom stereocenters. The van der Waals surface area contributed by atoms with Crippen molar-refractivity contribution in [1.29, 1.82) is 0 Å². The molecule has 0 saturated heterocycles. The number of carbonyl (C=O) groups excluding carboxylic acids is 1. The lowest BCUT2D eigenvalue weighted by Gasteiger charge is -2.28. The van der Waals surface area contributed by atoms with E-state index in [1.165, 1.54) is 0 Å². The molecule has 0 spiro atoms. The van der Waals surface area contributed by atoms with Crippen molar-refractivity contribution in [3.63, 3.8) is 0 Å². The molecular weight excluding hydrogens is 304 g/mol. The van der Waals surface area contributed by atoms with Gasteiger partial charge in [-0.1, -0.05) is 26.0 Å². The smallest absolute Gasteiger partial charge is 0.251 e. The van der Waals surface area contributed by atoms with Crippen LogP contribution in [0, 0.1) is 0 Å². The van der Waals surface area contributed by atoms with E-state index in [1.54, 1.807) is 13.4 Å². The van der Waals surface area contributed by atoms with Crippen molar-refractivity contribution in [3.05, 3.63) is 59.5 Å². The summed E-state index contributed by atoms with van der Waals surface area (Å²) >= 11 is 0. The Bertz CT molecular complexity index is 621. The molecule has 1 heterocycles. The van der Waals surface area contributed by atoms with Crippen LogP contribution in [-0.2, 0) is 11.3 Å². The van der Waals surface area contributed by atoms with Gasteiger partial charge in [0.2, 0.25) is 0 Å². The van der Waals surface area contributed by atoms with Gasteiger partial charge in [0.25, 0.3) is 5.91 Å². The molecule has 130 valence electrons. The predicted octanol–water partition coefficient (Wildman–Crippen LogP) is 3.24. The van der Waals surface area contributed by atoms with Crippen LogP contribution in [0.4, 0.5) is 0 Å². The van der Waals surface area contributed by atoms with Gasteiger partial charge in [-0.05, 0) is 42.9 Å². The van der Waals surface area contributed by atoms with E-state index in [9.17, 15) is 4.79 Å². The Labute approximate surface area is 143 Å². The van der Waals surface area contributed by atoms with E-state index in [0.717, 1.165) is 24.4 Å². The van der Waals surface area contributed by atoms with Gasteiger partial charge < -0.3 is 14.5 Å². The average molecular weight is 330 g/mol. The first kappa shape index (κ1) is 18.2. The van der Waals surface area contributed by atoms with Gasteiger partial charge in [0.1, 0.15) is 5.76 Å². The Morgan fingerprint density at radius 1 is 1.25 bits per heavy atom. The maximum absolute atomic E-state index is 12.5. The minimum absolute atomic E-state index is 0.0288. The number of hydrogen-bond acceptors (Lipinski definition) is 4. The Morgan fingerprint density at radius 3 is 2.67 bits per heavy atom. The molecule has 24 heavy (non-hydrogen) atoms. The molecule has 0 unspecified atom stereocenters. The summed E-state index contributed by atoms with van der Waals surface area (Å²) in [6.07, 6.45) is 1.67. The Kier molecular flexibility index (Phi) is 7.03. The molecule has 0 radical (unpaired) electrons. The number of rotatable bonds is 9. The highest BCUT2D eigenvalue weighted by Crippen LogP contribution is 2.20. The third-order valence-corrected chi connectivity index (χ3v) is 4.08. The summed E-state index contributed by atoms with van der Waals surface area (Å²) in [6, 6.07) is 11.3. The molecule has 5 heteroatoms. The zero-order valence-corrected chi connectivity index (χ0v) is 14.6. The van der Waals surface area contributed by atoms with Crippen LogP contribution >= 0.6 is 0 Å². The number of benzene rings is 1. The third kappa shape index (κ3) is 4.69. The molecule has 0 fully saturated rings. The van der Waals surface area contributed by atoms with E-state index in [-0.39, 0.29) is 11.9 Å². The largest absolute Gasteiger partial charge is 0.468 e. The number of ether oxygens (including phenoxy) is 1. The van der Waals surface area contributed by atoms with Gasteiger partial charge in [-0.25, -0.2) is 0 Å². The summed E-state index contributed by atoms with van der Waals surface area (Å²) in [7, 11) is 1.64. The first-order valence-electron chi connectivity index (χ1n) is 8.33. The van der Waals surface area contributed by atoms with Gasteiger partial charge in [-0.3, -0.25) is 9.69 Å². The molecular formula is C19H26N2O3. The van der Waals surface area contributed by atoms with E-state index < -0.39 is 0 Å². The maximum Gasteiger partial charge on any atom is 0.251 e. The number of methoxy groups -OCH3 is 1. The van der Waals surface area contributed by atoms with Crippen LogP contribution in [0.2, 0.25) is 0 Å². The lowest BCUT2D eigenvalue weighted by molar-refractivity contribution is 0.0929. The highest BCUT2D eigenvalue weighted by Gasteiger charge is 2.21. The second-order valence-electron chi connectivity index (χ2n) is 5.60. The van der Waals surface area contributed by atoms with Crippen molar-refractivity contribution in [2.45, 2.75) is 26.5 Å². The molecule has 0 aliphatic rings. The third-order valence-electron chi connectivity index (χ3n) is 4.08. The van der Waals surface area contributed by atoms with Crippen molar-refractivity contribution >= 4 is 5.91 Å². The van der Waals surface area contributed by atoms with Crippen molar-refractivity contribution in [2.24, 2.45) is 0 Å². The topological polar surface area (TPSA) is 54.7 Å². The van der Waals surface area contributed by atoms with Crippen LogP contribution in [0.1, 0.15) is 41.6 Å². The highest BCUT2D eigenvalue weighted by molar-refractivity contribution is 5.94. The molecule has 2 aromatic rings. The highest BCUT2D eigenvalue weighted by atomic mass is 16.5. The quantitative estimate of drug-likeness (QED) is 0.767. The minimum atomic E-state index is -0.0864. The van der Waals surface area contributed by atoms with Crippen molar-refractivity contribution in [3.8, 4) is 0 Å². The number of furan rings is 1. The predicted molar refractivity (Wildman–Crippen MR) is 93.9 cm³/mol. The number of amides is 1. The first-order chi connectivity index (χ1) is 11.7. The fourth-order valence-electron chi connectivity index (χ4n) is 2.82. The summed E-state index contributed by atoms with van der Waals surface area (Å²) in [5.74, 6) is 0.781. The number of nitrogens with zero attached hydrogens (tertiary/aromatic N) is 1. The van der Waals surface area contributed by atoms with E-state index in [4.69, 9.17) is 9.15 Å². The van der Waals surface area contributed by atoms with Gasteiger partial charge in [0, 0.05) is 19.2 Å². The zero-order valence-electron chi connectivity index (χ0n) is 14.6. The van der Waals surface area contributed by atoms with Gasteiger partial charge in [-0.15, -0.1) is 0 Å². The van der Waals surface area contributed by atoms with E-state index in [1.807, 2.05) is 36.4 Å². The van der Waals surface area contributed by atoms with Crippen LogP contribution in [0.5, 0.6) is 0 Å². The van der Waals surface area contributed by atoms with Gasteiger partial charge in [0.05, 0.1) is 18.9 Å². The monoisotopic (exact) mass is 330 g/mol. The molecule has 0 aliphatic heterocycles. The van der Waals surface area contributed by atoms with Crippen LogP contribution in [0.3, 0.4) is 0 Å². The van der Waals surface area contributed by atoms with Crippen LogP contribution < -0.4 is 5.32 Å². The molecule has 0 aliphatic carbocycles. The lowest BCUT2D eigenvalue weighted by Crippen LogP contribution is -2.37. The fourth-order valence-corrected chi connectivity index (χ4v) is 2.82. The molecule has 0 saturated carbocycles. The number of nitrogens with one attached hydrogen (secondary N) is 1. The SMILES string of the molecule is CCN(CC)[C@H](CNC(=O)c1cccc(COC)c1)c1ccco1. The number of carbonyl (C=O) groups is 1. The molecule has 1 amide bonds. The standard InChI is InChI=1S/C19H26N2O3/c1-4-21(5-2)17(18-10-7-11-24-18)13-20-19(22)16-9-6-8-15(12-16)14-23-3/h6-12,17H,4-5,13-14H2,1-3H3,(H,20,22)/t17-/m1/s1. The van der Waals surface area contributed by atoms with E-state index in [0.29, 0.717) is 18.7 Å². The summed E-state index contributed by atoms with van der Waals surface area (Å²) in [5.41, 5.74) is 1.62. The van der Waals surface area contributed by atoms with Crippen LogP contribution in [0.15, 0.2) is 47.1 Å². The first-order valence-corrected chi connectivity index (χ1v) is 8.33. The van der Waals surface area contributed by atoms with Gasteiger partial charge in [0.15, 0.2) is 0 Å². The summed E-state index contributed by atoms with van der Waals surface area (Å²) in [5, 5.41) is 3.02. The molecule has 2 rings (SSSR count). The molecule has 5 nitrogen and oxygen atoms in total.